The second kappa shape index (κ2) is 11.1. The lowest BCUT2D eigenvalue weighted by molar-refractivity contribution is -0.120. The average Bonchev–Trinajstić information content (AvgIpc) is 3.18. The Morgan fingerprint density at radius 1 is 1.14 bits per heavy atom. The number of hydrogen-bond acceptors (Lipinski definition) is 7. The third-order valence-electron chi connectivity index (χ3n) is 3.54. The molecule has 1 N–H and O–H groups in total. The van der Waals surface area contributed by atoms with Crippen LogP contribution in [0.4, 0.5) is 5.69 Å². The summed E-state index contributed by atoms with van der Waals surface area (Å²) in [5.74, 6) is -0.315. The van der Waals surface area contributed by atoms with Gasteiger partial charge in [-0.25, -0.2) is 0 Å². The van der Waals surface area contributed by atoms with Crippen molar-refractivity contribution in [1.29, 1.82) is 0 Å². The fourth-order valence-corrected chi connectivity index (χ4v) is 4.72. The molecule has 2 rings (SSSR count). The van der Waals surface area contributed by atoms with Crippen molar-refractivity contribution in [2.75, 3.05) is 25.1 Å². The summed E-state index contributed by atoms with van der Waals surface area (Å²) in [4.78, 5) is 18.1. The Bertz CT molecular complexity index is 811. The molecule has 0 bridgehead atoms. The summed E-state index contributed by atoms with van der Waals surface area (Å²) in [7, 11) is -3.15. The van der Waals surface area contributed by atoms with Crippen LogP contribution in [0.15, 0.2) is 46.9 Å². The van der Waals surface area contributed by atoms with E-state index in [-0.39, 0.29) is 18.7 Å². The summed E-state index contributed by atoms with van der Waals surface area (Å²) < 4.78 is 23.1. The first-order valence-corrected chi connectivity index (χ1v) is 11.5. The van der Waals surface area contributed by atoms with Crippen molar-refractivity contribution in [3.8, 4) is 0 Å². The molecule has 9 heteroatoms. The maximum atomic E-state index is 12.6. The van der Waals surface area contributed by atoms with Crippen LogP contribution in [-0.2, 0) is 29.4 Å². The molecule has 0 radical (unpaired) electrons. The fourth-order valence-electron chi connectivity index (χ4n) is 2.35. The van der Waals surface area contributed by atoms with Crippen molar-refractivity contribution in [2.45, 2.75) is 26.9 Å². The monoisotopic (exact) mass is 424 g/mol. The lowest BCUT2D eigenvalue weighted by atomic mass is 10.2. The van der Waals surface area contributed by atoms with Gasteiger partial charge in [0.1, 0.15) is 0 Å². The molecule has 28 heavy (non-hydrogen) atoms. The number of hydrogen-bond donors (Lipinski definition) is 1. The zero-order valence-electron chi connectivity index (χ0n) is 16.2. The van der Waals surface area contributed by atoms with Crippen LogP contribution in [0.3, 0.4) is 0 Å². The predicted molar refractivity (Wildman–Crippen MR) is 112 cm³/mol. The van der Waals surface area contributed by atoms with Crippen LogP contribution in [0.5, 0.6) is 0 Å². The first-order chi connectivity index (χ1) is 13.5. The number of rotatable bonds is 11. The number of carbonyl (C=O) groups excluding carboxylic acids is 1. The van der Waals surface area contributed by atoms with Crippen molar-refractivity contribution < 1.29 is 23.2 Å². The Morgan fingerprint density at radius 3 is 2.39 bits per heavy atom. The number of benzene rings is 1. The van der Waals surface area contributed by atoms with E-state index in [1.54, 1.807) is 49.4 Å². The van der Waals surface area contributed by atoms with Gasteiger partial charge in [-0.3, -0.25) is 9.36 Å². The predicted octanol–water partition coefficient (Wildman–Crippen LogP) is 4.89. The number of nitrogens with one attached hydrogen (secondary N) is 1. The van der Waals surface area contributed by atoms with Gasteiger partial charge >= 0.3 is 7.60 Å². The largest absolute Gasteiger partial charge is 0.385 e. The van der Waals surface area contributed by atoms with Gasteiger partial charge < -0.3 is 19.2 Å². The van der Waals surface area contributed by atoms with Crippen LogP contribution in [-0.4, -0.2) is 31.4 Å². The van der Waals surface area contributed by atoms with Crippen molar-refractivity contribution in [3.05, 3.63) is 52.2 Å². The maximum Gasteiger partial charge on any atom is 0.335 e. The molecule has 1 aromatic carbocycles. The molecule has 2 aromatic rings. The molecule has 0 aliphatic carbocycles. The lowest BCUT2D eigenvalue weighted by Gasteiger charge is -2.17. The van der Waals surface area contributed by atoms with E-state index in [1.807, 2.05) is 24.4 Å². The Labute approximate surface area is 169 Å². The molecule has 1 amide bonds. The Hall–Kier alpha value is -1.99. The summed E-state index contributed by atoms with van der Waals surface area (Å²) in [5, 5.41) is 8.62. The SMILES string of the molecule is CCOP(=O)(Cc1ccc(NC(=O)CON=C(C)c2cccs2)cc1)OCC. The molecule has 0 atom stereocenters. The first-order valence-electron chi connectivity index (χ1n) is 8.93. The smallest absolute Gasteiger partial charge is 0.335 e. The lowest BCUT2D eigenvalue weighted by Crippen LogP contribution is -2.17. The molecule has 0 aliphatic rings. The van der Waals surface area contributed by atoms with E-state index in [9.17, 15) is 9.36 Å². The third-order valence-corrected chi connectivity index (χ3v) is 6.57. The van der Waals surface area contributed by atoms with Gasteiger partial charge in [-0.05, 0) is 49.9 Å². The van der Waals surface area contributed by atoms with Gasteiger partial charge in [-0.1, -0.05) is 23.4 Å². The molecule has 1 heterocycles. The van der Waals surface area contributed by atoms with Crippen LogP contribution in [0.1, 0.15) is 31.2 Å². The van der Waals surface area contributed by atoms with E-state index in [2.05, 4.69) is 10.5 Å². The van der Waals surface area contributed by atoms with E-state index in [0.29, 0.717) is 18.9 Å². The summed E-state index contributed by atoms with van der Waals surface area (Å²) in [5.41, 5.74) is 2.13. The van der Waals surface area contributed by atoms with Crippen LogP contribution < -0.4 is 5.32 Å². The Kier molecular flexibility index (Phi) is 8.86. The molecule has 152 valence electrons. The molecule has 1 aromatic heterocycles. The molecular weight excluding hydrogens is 399 g/mol. The number of oxime groups is 1. The minimum Gasteiger partial charge on any atom is -0.385 e. The van der Waals surface area contributed by atoms with Gasteiger partial charge in [0.25, 0.3) is 5.91 Å². The number of nitrogens with zero attached hydrogens (tertiary/aromatic N) is 1. The zero-order chi connectivity index (χ0) is 20.4. The van der Waals surface area contributed by atoms with E-state index in [1.165, 1.54) is 0 Å². The highest BCUT2D eigenvalue weighted by atomic mass is 32.1. The van der Waals surface area contributed by atoms with Crippen LogP contribution in [0, 0.1) is 0 Å². The second-order valence-electron chi connectivity index (χ2n) is 5.78. The van der Waals surface area contributed by atoms with Crippen molar-refractivity contribution in [2.24, 2.45) is 5.16 Å². The van der Waals surface area contributed by atoms with E-state index >= 15 is 0 Å². The van der Waals surface area contributed by atoms with Crippen molar-refractivity contribution in [3.63, 3.8) is 0 Å². The van der Waals surface area contributed by atoms with Gasteiger partial charge in [0.05, 0.1) is 30.0 Å². The van der Waals surface area contributed by atoms with Gasteiger partial charge in [0, 0.05) is 5.69 Å². The van der Waals surface area contributed by atoms with Gasteiger partial charge in [-0.2, -0.15) is 0 Å². The van der Waals surface area contributed by atoms with Crippen LogP contribution in [0.25, 0.3) is 0 Å². The normalized spacial score (nSPS) is 12.0. The number of amides is 1. The van der Waals surface area contributed by atoms with Gasteiger partial charge in [-0.15, -0.1) is 11.3 Å². The summed E-state index contributed by atoms with van der Waals surface area (Å²) >= 11 is 1.55. The molecule has 0 saturated carbocycles. The zero-order valence-corrected chi connectivity index (χ0v) is 17.9. The van der Waals surface area contributed by atoms with E-state index in [4.69, 9.17) is 13.9 Å². The highest BCUT2D eigenvalue weighted by molar-refractivity contribution is 7.53. The summed E-state index contributed by atoms with van der Waals surface area (Å²) in [6.45, 7) is 5.83. The van der Waals surface area contributed by atoms with Crippen LogP contribution >= 0.6 is 18.9 Å². The highest BCUT2D eigenvalue weighted by Gasteiger charge is 2.23. The molecule has 0 fully saturated rings. The summed E-state index contributed by atoms with van der Waals surface area (Å²) in [6, 6.07) is 10.9. The minimum absolute atomic E-state index is 0.183. The minimum atomic E-state index is -3.15. The summed E-state index contributed by atoms with van der Waals surface area (Å²) in [6.07, 6.45) is 0.183. The standard InChI is InChI=1S/C19H25N2O5PS/c1-4-25-27(23,26-5-2)14-16-8-10-17(11-9-16)20-19(22)13-24-21-15(3)18-7-6-12-28-18/h6-12H,4-5,13-14H2,1-3H3,(H,20,22). The number of thiophene rings is 1. The molecule has 0 unspecified atom stereocenters. The number of carbonyl (C=O) groups is 1. The maximum absolute atomic E-state index is 12.6. The molecule has 7 nitrogen and oxygen atoms in total. The quantitative estimate of drug-likeness (QED) is 0.315. The molecule has 0 saturated heterocycles. The third kappa shape index (κ3) is 7.20. The number of anilines is 1. The fraction of sp³-hybridized carbons (Fsp3) is 0.368. The van der Waals surface area contributed by atoms with Crippen molar-refractivity contribution >= 4 is 36.2 Å². The average molecular weight is 424 g/mol. The van der Waals surface area contributed by atoms with Crippen LogP contribution in [0.2, 0.25) is 0 Å². The Balaban J connectivity index is 1.85. The molecular formula is C19H25N2O5PS. The van der Waals surface area contributed by atoms with Gasteiger partial charge in [0.2, 0.25) is 0 Å². The van der Waals surface area contributed by atoms with E-state index in [0.717, 1.165) is 16.2 Å². The first kappa shape index (κ1) is 22.3. The topological polar surface area (TPSA) is 86.2 Å². The Morgan fingerprint density at radius 2 is 1.82 bits per heavy atom. The molecule has 0 spiro atoms. The molecule has 0 aliphatic heterocycles. The second-order valence-corrected chi connectivity index (χ2v) is 8.78. The van der Waals surface area contributed by atoms with Gasteiger partial charge in [0.15, 0.2) is 6.61 Å². The highest BCUT2D eigenvalue weighted by Crippen LogP contribution is 2.51. The van der Waals surface area contributed by atoms with Crippen molar-refractivity contribution in [1.82, 2.24) is 0 Å². The van der Waals surface area contributed by atoms with E-state index < -0.39 is 7.60 Å².